The molecule has 134 valence electrons. The van der Waals surface area contributed by atoms with Gasteiger partial charge in [-0.1, -0.05) is 11.6 Å². The van der Waals surface area contributed by atoms with Crippen LogP contribution < -0.4 is 20.3 Å². The molecule has 0 saturated carbocycles. The van der Waals surface area contributed by atoms with Gasteiger partial charge in [0.15, 0.2) is 13.2 Å². The van der Waals surface area contributed by atoms with Crippen molar-refractivity contribution < 1.29 is 19.1 Å². The molecular weight excluding hydrogens is 358 g/mol. The number of halogens is 1. The SMILES string of the molecule is Cc1cc(OCC(=O)NNC(=O)COc2ccc(C#N)cc2)ccc1Cl. The van der Waals surface area contributed by atoms with Crippen molar-refractivity contribution in [1.29, 1.82) is 5.26 Å². The molecule has 2 aromatic rings. The Morgan fingerprint density at radius 3 is 2.08 bits per heavy atom. The summed E-state index contributed by atoms with van der Waals surface area (Å²) in [6, 6.07) is 13.3. The Morgan fingerprint density at radius 2 is 1.54 bits per heavy atom. The van der Waals surface area contributed by atoms with Crippen LogP contribution in [-0.2, 0) is 9.59 Å². The molecule has 0 saturated heterocycles. The summed E-state index contributed by atoms with van der Waals surface area (Å²) in [6.45, 7) is 1.27. The first-order valence-electron chi connectivity index (χ1n) is 7.57. The molecule has 0 spiro atoms. The second-order valence-corrected chi connectivity index (χ2v) is 5.63. The van der Waals surface area contributed by atoms with E-state index < -0.39 is 11.8 Å². The fraction of sp³-hybridized carbons (Fsp3) is 0.167. The number of hydrogen-bond donors (Lipinski definition) is 2. The van der Waals surface area contributed by atoms with Gasteiger partial charge in [0.2, 0.25) is 0 Å². The van der Waals surface area contributed by atoms with Crippen LogP contribution in [0.25, 0.3) is 0 Å². The summed E-state index contributed by atoms with van der Waals surface area (Å²) in [5, 5.41) is 9.31. The Hall–Kier alpha value is -3.24. The number of benzene rings is 2. The molecular formula is C18H16ClN3O4. The third-order valence-electron chi connectivity index (χ3n) is 3.19. The number of ether oxygens (including phenoxy) is 2. The highest BCUT2D eigenvalue weighted by atomic mass is 35.5. The molecule has 26 heavy (non-hydrogen) atoms. The monoisotopic (exact) mass is 373 g/mol. The molecule has 7 nitrogen and oxygen atoms in total. The second kappa shape index (κ2) is 9.30. The number of nitrogens with zero attached hydrogens (tertiary/aromatic N) is 1. The van der Waals surface area contributed by atoms with Gasteiger partial charge in [-0.2, -0.15) is 5.26 Å². The van der Waals surface area contributed by atoms with Crippen molar-refractivity contribution in [2.24, 2.45) is 0 Å². The lowest BCUT2D eigenvalue weighted by Gasteiger charge is -2.10. The van der Waals surface area contributed by atoms with Crippen molar-refractivity contribution in [1.82, 2.24) is 10.9 Å². The lowest BCUT2D eigenvalue weighted by Crippen LogP contribution is -2.45. The molecule has 8 heteroatoms. The molecule has 0 radical (unpaired) electrons. The van der Waals surface area contributed by atoms with Crippen LogP contribution in [0.1, 0.15) is 11.1 Å². The van der Waals surface area contributed by atoms with Gasteiger partial charge in [-0.05, 0) is 55.0 Å². The van der Waals surface area contributed by atoms with E-state index in [1.54, 1.807) is 42.5 Å². The Labute approximate surface area is 155 Å². The summed E-state index contributed by atoms with van der Waals surface area (Å²) in [4.78, 5) is 23.3. The van der Waals surface area contributed by atoms with Gasteiger partial charge in [0.05, 0.1) is 11.6 Å². The van der Waals surface area contributed by atoms with E-state index in [1.807, 2.05) is 13.0 Å². The summed E-state index contributed by atoms with van der Waals surface area (Å²) in [5.41, 5.74) is 5.76. The summed E-state index contributed by atoms with van der Waals surface area (Å²) in [6.07, 6.45) is 0. The van der Waals surface area contributed by atoms with E-state index in [4.69, 9.17) is 26.3 Å². The van der Waals surface area contributed by atoms with E-state index in [2.05, 4.69) is 10.9 Å². The average molecular weight is 374 g/mol. The molecule has 0 aromatic heterocycles. The van der Waals surface area contributed by atoms with Gasteiger partial charge >= 0.3 is 0 Å². The zero-order valence-electron chi connectivity index (χ0n) is 13.9. The van der Waals surface area contributed by atoms with Crippen molar-refractivity contribution in [2.45, 2.75) is 6.92 Å². The van der Waals surface area contributed by atoms with Crippen LogP contribution in [0.2, 0.25) is 5.02 Å². The van der Waals surface area contributed by atoms with E-state index in [1.165, 1.54) is 0 Å². The fourth-order valence-corrected chi connectivity index (χ4v) is 1.96. The number of rotatable bonds is 6. The van der Waals surface area contributed by atoms with Crippen LogP contribution in [0.5, 0.6) is 11.5 Å². The van der Waals surface area contributed by atoms with Crippen LogP contribution in [0.4, 0.5) is 0 Å². The smallest absolute Gasteiger partial charge is 0.276 e. The highest BCUT2D eigenvalue weighted by Gasteiger charge is 2.07. The molecule has 0 fully saturated rings. The maximum absolute atomic E-state index is 11.7. The maximum atomic E-state index is 11.7. The van der Waals surface area contributed by atoms with Crippen molar-refractivity contribution in [2.75, 3.05) is 13.2 Å². The zero-order valence-corrected chi connectivity index (χ0v) is 14.7. The average Bonchev–Trinajstić information content (AvgIpc) is 2.66. The van der Waals surface area contributed by atoms with E-state index in [9.17, 15) is 9.59 Å². The quantitative estimate of drug-likeness (QED) is 0.755. The zero-order chi connectivity index (χ0) is 18.9. The van der Waals surface area contributed by atoms with E-state index in [0.717, 1.165) is 5.56 Å². The number of nitrogens with one attached hydrogen (secondary N) is 2. The highest BCUT2D eigenvalue weighted by molar-refractivity contribution is 6.31. The number of hydrogen-bond acceptors (Lipinski definition) is 5. The normalized spacial score (nSPS) is 9.73. The van der Waals surface area contributed by atoms with Gasteiger partial charge < -0.3 is 9.47 Å². The lowest BCUT2D eigenvalue weighted by molar-refractivity contribution is -0.131. The molecule has 0 unspecified atom stereocenters. The fourth-order valence-electron chi connectivity index (χ4n) is 1.84. The highest BCUT2D eigenvalue weighted by Crippen LogP contribution is 2.20. The summed E-state index contributed by atoms with van der Waals surface area (Å²) in [7, 11) is 0. The Kier molecular flexibility index (Phi) is 6.83. The summed E-state index contributed by atoms with van der Waals surface area (Å²) < 4.78 is 10.5. The summed E-state index contributed by atoms with van der Waals surface area (Å²) >= 11 is 5.91. The topological polar surface area (TPSA) is 100 Å². The van der Waals surface area contributed by atoms with Crippen LogP contribution in [0.3, 0.4) is 0 Å². The van der Waals surface area contributed by atoms with Crippen molar-refractivity contribution >= 4 is 23.4 Å². The Morgan fingerprint density at radius 1 is 1.00 bits per heavy atom. The Balaban J connectivity index is 1.68. The van der Waals surface area contributed by atoms with E-state index in [-0.39, 0.29) is 13.2 Å². The Bertz CT molecular complexity index is 831. The van der Waals surface area contributed by atoms with Gasteiger partial charge in [0.25, 0.3) is 11.8 Å². The van der Waals surface area contributed by atoms with Gasteiger partial charge in [0, 0.05) is 5.02 Å². The predicted molar refractivity (Wildman–Crippen MR) is 94.6 cm³/mol. The lowest BCUT2D eigenvalue weighted by atomic mass is 10.2. The van der Waals surface area contributed by atoms with Crippen molar-refractivity contribution in [3.05, 3.63) is 58.6 Å². The number of amides is 2. The van der Waals surface area contributed by atoms with Crippen LogP contribution >= 0.6 is 11.6 Å². The minimum atomic E-state index is -0.537. The molecule has 2 aromatic carbocycles. The van der Waals surface area contributed by atoms with Gasteiger partial charge in [-0.25, -0.2) is 0 Å². The van der Waals surface area contributed by atoms with Gasteiger partial charge in [0.1, 0.15) is 11.5 Å². The first-order valence-corrected chi connectivity index (χ1v) is 7.95. The van der Waals surface area contributed by atoms with Gasteiger partial charge in [-0.3, -0.25) is 20.4 Å². The van der Waals surface area contributed by atoms with Crippen molar-refractivity contribution in [3.63, 3.8) is 0 Å². The second-order valence-electron chi connectivity index (χ2n) is 5.22. The van der Waals surface area contributed by atoms with E-state index in [0.29, 0.717) is 22.1 Å². The van der Waals surface area contributed by atoms with Crippen LogP contribution in [0.15, 0.2) is 42.5 Å². The minimum absolute atomic E-state index is 0.266. The van der Waals surface area contributed by atoms with Crippen molar-refractivity contribution in [3.8, 4) is 17.6 Å². The van der Waals surface area contributed by atoms with E-state index >= 15 is 0 Å². The standard InChI is InChI=1S/C18H16ClN3O4/c1-12-8-15(6-7-16(12)19)26-11-18(24)22-21-17(23)10-25-14-4-2-13(9-20)3-5-14/h2-8H,10-11H2,1H3,(H,21,23)(H,22,24). The number of carbonyl (C=O) groups excluding carboxylic acids is 2. The molecule has 0 aliphatic rings. The molecule has 2 amide bonds. The maximum Gasteiger partial charge on any atom is 0.276 e. The molecule has 0 bridgehead atoms. The number of aryl methyl sites for hydroxylation is 1. The van der Waals surface area contributed by atoms with Crippen LogP contribution in [0, 0.1) is 18.3 Å². The minimum Gasteiger partial charge on any atom is -0.484 e. The molecule has 2 N–H and O–H groups in total. The molecule has 0 aliphatic carbocycles. The first kappa shape index (κ1) is 19.1. The third kappa shape index (κ3) is 6.00. The summed E-state index contributed by atoms with van der Waals surface area (Å²) in [5.74, 6) is -0.126. The largest absolute Gasteiger partial charge is 0.484 e. The molecule has 0 heterocycles. The number of hydrazine groups is 1. The first-order chi connectivity index (χ1) is 12.5. The molecule has 0 atom stereocenters. The third-order valence-corrected chi connectivity index (χ3v) is 3.62. The molecule has 0 aliphatic heterocycles. The van der Waals surface area contributed by atoms with Crippen LogP contribution in [-0.4, -0.2) is 25.0 Å². The molecule has 2 rings (SSSR count). The van der Waals surface area contributed by atoms with Gasteiger partial charge in [-0.15, -0.1) is 0 Å². The number of carbonyl (C=O) groups is 2. The predicted octanol–water partition coefficient (Wildman–Crippen LogP) is 2.13. The number of nitriles is 1.